The number of nitrogens with zero attached hydrogens (tertiary/aromatic N) is 1. The molecular formula is C22H20N2O3S. The van der Waals surface area contributed by atoms with Crippen molar-refractivity contribution in [3.8, 4) is 11.5 Å². The smallest absolute Gasteiger partial charge is 0.269 e. The first kappa shape index (κ1) is 18.4. The Morgan fingerprint density at radius 1 is 1.04 bits per heavy atom. The van der Waals surface area contributed by atoms with Gasteiger partial charge >= 0.3 is 0 Å². The number of fused-ring (bicyclic) bond motifs is 1. The van der Waals surface area contributed by atoms with Crippen molar-refractivity contribution in [2.75, 3.05) is 5.32 Å². The maximum atomic E-state index is 12.7. The van der Waals surface area contributed by atoms with Crippen LogP contribution in [0.3, 0.4) is 0 Å². The summed E-state index contributed by atoms with van der Waals surface area (Å²) in [7, 11) is 0. The van der Waals surface area contributed by atoms with Crippen molar-refractivity contribution >= 4 is 23.4 Å². The molecule has 142 valence electrons. The zero-order valence-corrected chi connectivity index (χ0v) is 16.2. The average molecular weight is 392 g/mol. The fraction of sp³-hybridized carbons (Fsp3) is 0.182. The highest BCUT2D eigenvalue weighted by molar-refractivity contribution is 7.98. The van der Waals surface area contributed by atoms with E-state index >= 15 is 0 Å². The second-order valence-electron chi connectivity index (χ2n) is 6.47. The Labute approximate surface area is 168 Å². The lowest BCUT2D eigenvalue weighted by Gasteiger charge is -2.31. The summed E-state index contributed by atoms with van der Waals surface area (Å²) in [4.78, 5) is 17.9. The largest absolute Gasteiger partial charge is 0.482 e. The van der Waals surface area contributed by atoms with Gasteiger partial charge in [-0.2, -0.15) is 0 Å². The molecule has 0 fully saturated rings. The van der Waals surface area contributed by atoms with E-state index in [0.717, 1.165) is 16.3 Å². The van der Waals surface area contributed by atoms with Gasteiger partial charge in [0, 0.05) is 28.7 Å². The van der Waals surface area contributed by atoms with Crippen LogP contribution in [0.1, 0.15) is 12.5 Å². The van der Waals surface area contributed by atoms with E-state index in [1.54, 1.807) is 24.0 Å². The van der Waals surface area contributed by atoms with Gasteiger partial charge in [0.15, 0.2) is 11.5 Å². The number of benzene rings is 2. The van der Waals surface area contributed by atoms with Gasteiger partial charge in [0.05, 0.1) is 0 Å². The Morgan fingerprint density at radius 2 is 1.79 bits per heavy atom. The molecule has 0 bridgehead atoms. The van der Waals surface area contributed by atoms with Crippen LogP contribution in [0.4, 0.5) is 5.69 Å². The van der Waals surface area contributed by atoms with Crippen LogP contribution in [0.2, 0.25) is 0 Å². The average Bonchev–Trinajstić information content (AvgIpc) is 2.73. The van der Waals surface area contributed by atoms with Gasteiger partial charge in [0.1, 0.15) is 6.10 Å². The maximum absolute atomic E-state index is 12.7. The third-order valence-corrected chi connectivity index (χ3v) is 5.43. The van der Waals surface area contributed by atoms with E-state index in [1.165, 1.54) is 5.56 Å². The lowest BCUT2D eigenvalue weighted by molar-refractivity contribution is -0.128. The molecule has 1 aliphatic heterocycles. The molecule has 0 aliphatic carbocycles. The molecule has 6 heteroatoms. The van der Waals surface area contributed by atoms with Crippen LogP contribution in [0.25, 0.3) is 0 Å². The molecule has 0 saturated heterocycles. The van der Waals surface area contributed by atoms with Crippen LogP contribution in [0, 0.1) is 0 Å². The molecule has 1 aromatic heterocycles. The van der Waals surface area contributed by atoms with Gasteiger partial charge in [0.25, 0.3) is 5.91 Å². The van der Waals surface area contributed by atoms with Gasteiger partial charge in [-0.1, -0.05) is 18.2 Å². The number of ether oxygens (including phenoxy) is 2. The molecule has 2 heterocycles. The lowest BCUT2D eigenvalue weighted by Crippen LogP contribution is -2.46. The number of carbonyl (C=O) groups is 1. The van der Waals surface area contributed by atoms with Crippen LogP contribution < -0.4 is 14.8 Å². The third kappa shape index (κ3) is 4.28. The first-order valence-electron chi connectivity index (χ1n) is 9.04. The number of thioether (sulfide) groups is 1. The molecule has 1 amide bonds. The van der Waals surface area contributed by atoms with Crippen molar-refractivity contribution in [2.45, 2.75) is 29.8 Å². The Balaban J connectivity index is 1.36. The van der Waals surface area contributed by atoms with Crippen LogP contribution in [-0.4, -0.2) is 23.1 Å². The fourth-order valence-electron chi connectivity index (χ4n) is 2.90. The highest BCUT2D eigenvalue weighted by Crippen LogP contribution is 2.33. The number of anilines is 1. The molecule has 3 aromatic rings. The minimum Gasteiger partial charge on any atom is -0.482 e. The Kier molecular flexibility index (Phi) is 5.48. The summed E-state index contributed by atoms with van der Waals surface area (Å²) in [5.41, 5.74) is 1.90. The van der Waals surface area contributed by atoms with Crippen molar-refractivity contribution in [3.05, 3.63) is 78.6 Å². The summed E-state index contributed by atoms with van der Waals surface area (Å²) in [6.45, 7) is 1.83. The number of carbonyl (C=O) groups excluding carboxylic acids is 1. The number of rotatable bonds is 5. The quantitative estimate of drug-likeness (QED) is 0.646. The number of nitrogens with one attached hydrogen (secondary N) is 1. The minimum atomic E-state index is -0.700. The summed E-state index contributed by atoms with van der Waals surface area (Å²) >= 11 is 1.72. The molecule has 2 atom stereocenters. The maximum Gasteiger partial charge on any atom is 0.269 e. The molecule has 28 heavy (non-hydrogen) atoms. The Bertz CT molecular complexity index is 948. The molecule has 4 rings (SSSR count). The summed E-state index contributed by atoms with van der Waals surface area (Å²) in [5, 5.41) is 2.91. The summed E-state index contributed by atoms with van der Waals surface area (Å²) in [6, 6.07) is 19.1. The van der Waals surface area contributed by atoms with E-state index in [0.29, 0.717) is 11.5 Å². The number of amides is 1. The van der Waals surface area contributed by atoms with Gasteiger partial charge in [-0.3, -0.25) is 9.78 Å². The normalized spacial score (nSPS) is 17.8. The number of para-hydroxylation sites is 2. The second-order valence-corrected chi connectivity index (χ2v) is 7.52. The van der Waals surface area contributed by atoms with E-state index in [4.69, 9.17) is 9.47 Å². The summed E-state index contributed by atoms with van der Waals surface area (Å²) < 4.78 is 11.6. The van der Waals surface area contributed by atoms with E-state index in [9.17, 15) is 4.79 Å². The monoisotopic (exact) mass is 392 g/mol. The molecule has 1 aliphatic rings. The predicted octanol–water partition coefficient (Wildman–Crippen LogP) is 4.54. The van der Waals surface area contributed by atoms with Gasteiger partial charge in [-0.05, 0) is 55.0 Å². The van der Waals surface area contributed by atoms with Crippen molar-refractivity contribution in [1.29, 1.82) is 0 Å². The molecular weight excluding hydrogens is 372 g/mol. The molecule has 0 saturated carbocycles. The number of aromatic nitrogens is 1. The summed E-state index contributed by atoms with van der Waals surface area (Å²) in [5.74, 6) is 1.87. The number of pyridine rings is 1. The lowest BCUT2D eigenvalue weighted by atomic mass is 10.1. The van der Waals surface area contributed by atoms with E-state index in [2.05, 4.69) is 16.4 Å². The zero-order valence-electron chi connectivity index (χ0n) is 15.4. The van der Waals surface area contributed by atoms with Gasteiger partial charge < -0.3 is 14.8 Å². The topological polar surface area (TPSA) is 60.5 Å². The molecule has 0 radical (unpaired) electrons. The highest BCUT2D eigenvalue weighted by Gasteiger charge is 2.34. The fourth-order valence-corrected chi connectivity index (χ4v) is 3.74. The Hall–Kier alpha value is -2.99. The van der Waals surface area contributed by atoms with Crippen LogP contribution in [-0.2, 0) is 10.5 Å². The summed E-state index contributed by atoms with van der Waals surface area (Å²) in [6.07, 6.45) is 2.57. The van der Waals surface area contributed by atoms with E-state index in [1.807, 2.05) is 61.7 Å². The van der Waals surface area contributed by atoms with Crippen molar-refractivity contribution in [2.24, 2.45) is 0 Å². The van der Waals surface area contributed by atoms with Crippen LogP contribution in [0.15, 0.2) is 78.0 Å². The molecule has 0 spiro atoms. The van der Waals surface area contributed by atoms with Crippen LogP contribution >= 0.6 is 11.8 Å². The van der Waals surface area contributed by atoms with Gasteiger partial charge in [0.2, 0.25) is 6.10 Å². The van der Waals surface area contributed by atoms with E-state index < -0.39 is 6.10 Å². The van der Waals surface area contributed by atoms with Crippen molar-refractivity contribution in [1.82, 2.24) is 4.98 Å². The van der Waals surface area contributed by atoms with E-state index in [-0.39, 0.29) is 12.0 Å². The zero-order chi connectivity index (χ0) is 19.3. The minimum absolute atomic E-state index is 0.224. The third-order valence-electron chi connectivity index (χ3n) is 4.35. The standard InChI is InChI=1S/C22H20N2O3S/c1-15-21(27-20-7-3-2-6-19(20)26-15)22(25)24-17-8-10-18(11-9-17)28-14-16-5-4-12-23-13-16/h2-13,15,21H,14H2,1H3,(H,24,25). The Morgan fingerprint density at radius 3 is 2.50 bits per heavy atom. The molecule has 1 N–H and O–H groups in total. The van der Waals surface area contributed by atoms with Crippen LogP contribution in [0.5, 0.6) is 11.5 Å². The molecule has 2 unspecified atom stereocenters. The first-order chi connectivity index (χ1) is 13.7. The SMILES string of the molecule is CC1Oc2ccccc2OC1C(=O)Nc1ccc(SCc2cccnc2)cc1. The number of hydrogen-bond acceptors (Lipinski definition) is 5. The van der Waals surface area contributed by atoms with Gasteiger partial charge in [-0.25, -0.2) is 0 Å². The van der Waals surface area contributed by atoms with Gasteiger partial charge in [-0.15, -0.1) is 11.8 Å². The molecule has 5 nitrogen and oxygen atoms in total. The number of hydrogen-bond donors (Lipinski definition) is 1. The highest BCUT2D eigenvalue weighted by atomic mass is 32.2. The molecule has 2 aromatic carbocycles. The van der Waals surface area contributed by atoms with Crippen molar-refractivity contribution in [3.63, 3.8) is 0 Å². The second kappa shape index (κ2) is 8.35. The first-order valence-corrected chi connectivity index (χ1v) is 10.0. The van der Waals surface area contributed by atoms with Crippen molar-refractivity contribution < 1.29 is 14.3 Å². The predicted molar refractivity (Wildman–Crippen MR) is 110 cm³/mol.